The molecule has 2 N–H and O–H groups in total. The Kier molecular flexibility index (Phi) is 5.62. The third kappa shape index (κ3) is 6.81. The van der Waals surface area contributed by atoms with Gasteiger partial charge in [0.05, 0.1) is 0 Å². The van der Waals surface area contributed by atoms with Crippen molar-refractivity contribution in [3.05, 3.63) is 29.3 Å². The molecule has 0 amide bonds. The Morgan fingerprint density at radius 2 is 1.82 bits per heavy atom. The van der Waals surface area contributed by atoms with Crippen LogP contribution in [-0.2, 0) is 0 Å². The van der Waals surface area contributed by atoms with E-state index in [2.05, 4.69) is 0 Å². The molecule has 0 radical (unpaired) electrons. The lowest BCUT2D eigenvalue weighted by molar-refractivity contribution is -0.136. The van der Waals surface area contributed by atoms with Gasteiger partial charge in [0.15, 0.2) is 0 Å². The van der Waals surface area contributed by atoms with E-state index in [1.54, 1.807) is 12.1 Å². The first kappa shape index (κ1) is 14.7. The van der Waals surface area contributed by atoms with Crippen LogP contribution < -0.4 is 5.73 Å². The largest absolute Gasteiger partial charge is 0.389 e. The summed E-state index contributed by atoms with van der Waals surface area (Å²) in [5.41, 5.74) is 5.61. The number of benzene rings is 1. The van der Waals surface area contributed by atoms with Gasteiger partial charge in [-0.1, -0.05) is 11.6 Å². The number of halogens is 4. The van der Waals surface area contributed by atoms with Crippen LogP contribution in [0, 0.1) is 0 Å². The van der Waals surface area contributed by atoms with Gasteiger partial charge in [-0.3, -0.25) is 0 Å². The number of rotatable bonds is 5. The molecule has 1 nitrogen and oxygen atoms in total. The SMILES string of the molecule is NC(CCC(F)(F)F)CSc1ccc(Cl)cc1. The summed E-state index contributed by atoms with van der Waals surface area (Å²) >= 11 is 7.15. The van der Waals surface area contributed by atoms with Crippen LogP contribution in [-0.4, -0.2) is 18.0 Å². The molecule has 0 aliphatic heterocycles. The first-order chi connectivity index (χ1) is 7.87. The number of hydrogen-bond acceptors (Lipinski definition) is 2. The summed E-state index contributed by atoms with van der Waals surface area (Å²) in [5.74, 6) is 0.470. The zero-order valence-corrected chi connectivity index (χ0v) is 10.6. The number of thioether (sulfide) groups is 1. The van der Waals surface area contributed by atoms with Crippen LogP contribution in [0.3, 0.4) is 0 Å². The van der Waals surface area contributed by atoms with E-state index in [-0.39, 0.29) is 6.42 Å². The van der Waals surface area contributed by atoms with Crippen molar-refractivity contribution in [3.63, 3.8) is 0 Å². The molecule has 1 unspecified atom stereocenters. The van der Waals surface area contributed by atoms with Crippen LogP contribution in [0.2, 0.25) is 5.02 Å². The third-order valence-corrected chi connectivity index (χ3v) is 3.53. The standard InChI is InChI=1S/C11H13ClF3NS/c12-8-1-3-10(4-2-8)17-7-9(16)5-6-11(13,14)15/h1-4,9H,5-7,16H2. The highest BCUT2D eigenvalue weighted by atomic mass is 35.5. The lowest BCUT2D eigenvalue weighted by atomic mass is 10.2. The summed E-state index contributed by atoms with van der Waals surface area (Å²) in [7, 11) is 0. The summed E-state index contributed by atoms with van der Waals surface area (Å²) in [6.07, 6.45) is -4.98. The van der Waals surface area contributed by atoms with Crippen LogP contribution in [0.1, 0.15) is 12.8 Å². The normalized spacial score (nSPS) is 13.7. The van der Waals surface area contributed by atoms with E-state index in [1.807, 2.05) is 12.1 Å². The van der Waals surface area contributed by atoms with Crippen molar-refractivity contribution in [2.75, 3.05) is 5.75 Å². The molecule has 1 rings (SSSR count). The summed E-state index contributed by atoms with van der Waals surface area (Å²) in [6.45, 7) is 0. The second-order valence-electron chi connectivity index (χ2n) is 3.68. The Labute approximate surface area is 108 Å². The quantitative estimate of drug-likeness (QED) is 0.823. The fourth-order valence-corrected chi connectivity index (χ4v) is 2.19. The molecule has 1 aromatic rings. The molecule has 96 valence electrons. The summed E-state index contributed by atoms with van der Waals surface area (Å²) in [6, 6.07) is 6.68. The van der Waals surface area contributed by atoms with Crippen molar-refractivity contribution in [1.82, 2.24) is 0 Å². The van der Waals surface area contributed by atoms with Gasteiger partial charge in [-0.15, -0.1) is 11.8 Å². The van der Waals surface area contributed by atoms with Crippen LogP contribution in [0.4, 0.5) is 13.2 Å². The molecule has 0 aliphatic carbocycles. The van der Waals surface area contributed by atoms with Crippen molar-refractivity contribution >= 4 is 23.4 Å². The molecule has 6 heteroatoms. The maximum absolute atomic E-state index is 11.9. The van der Waals surface area contributed by atoms with E-state index in [4.69, 9.17) is 17.3 Å². The highest BCUT2D eigenvalue weighted by Gasteiger charge is 2.27. The van der Waals surface area contributed by atoms with Crippen molar-refractivity contribution in [1.29, 1.82) is 0 Å². The van der Waals surface area contributed by atoms with Crippen molar-refractivity contribution in [2.24, 2.45) is 5.73 Å². The first-order valence-electron chi connectivity index (χ1n) is 5.07. The lowest BCUT2D eigenvalue weighted by Crippen LogP contribution is -2.25. The van der Waals surface area contributed by atoms with Gasteiger partial charge >= 0.3 is 6.18 Å². The maximum Gasteiger partial charge on any atom is 0.389 e. The molecule has 0 bridgehead atoms. The molecule has 0 heterocycles. The predicted molar refractivity (Wildman–Crippen MR) is 65.4 cm³/mol. The van der Waals surface area contributed by atoms with Gasteiger partial charge < -0.3 is 5.73 Å². The summed E-state index contributed by atoms with van der Waals surface area (Å²) < 4.78 is 35.8. The highest BCUT2D eigenvalue weighted by molar-refractivity contribution is 7.99. The van der Waals surface area contributed by atoms with Gasteiger partial charge in [0.25, 0.3) is 0 Å². The zero-order chi connectivity index (χ0) is 12.9. The topological polar surface area (TPSA) is 26.0 Å². The minimum absolute atomic E-state index is 0.0376. The van der Waals surface area contributed by atoms with Crippen LogP contribution in [0.15, 0.2) is 29.2 Å². The molecule has 17 heavy (non-hydrogen) atoms. The zero-order valence-electron chi connectivity index (χ0n) is 9.01. The fraction of sp³-hybridized carbons (Fsp3) is 0.455. The fourth-order valence-electron chi connectivity index (χ4n) is 1.17. The Morgan fingerprint density at radius 3 is 2.35 bits per heavy atom. The van der Waals surface area contributed by atoms with Crippen molar-refractivity contribution < 1.29 is 13.2 Å². The van der Waals surface area contributed by atoms with E-state index in [0.29, 0.717) is 10.8 Å². The van der Waals surface area contributed by atoms with Crippen molar-refractivity contribution in [3.8, 4) is 0 Å². The van der Waals surface area contributed by atoms with E-state index < -0.39 is 18.6 Å². The molecule has 0 aliphatic rings. The first-order valence-corrected chi connectivity index (χ1v) is 6.44. The van der Waals surface area contributed by atoms with Gasteiger partial charge in [-0.25, -0.2) is 0 Å². The second kappa shape index (κ2) is 6.52. The number of alkyl halides is 3. The van der Waals surface area contributed by atoms with E-state index in [9.17, 15) is 13.2 Å². The second-order valence-corrected chi connectivity index (χ2v) is 5.21. The molecular formula is C11H13ClF3NS. The Morgan fingerprint density at radius 1 is 1.24 bits per heavy atom. The third-order valence-electron chi connectivity index (χ3n) is 2.08. The van der Waals surface area contributed by atoms with E-state index in [0.717, 1.165) is 4.90 Å². The molecular weight excluding hydrogens is 271 g/mol. The molecule has 0 aromatic heterocycles. The van der Waals surface area contributed by atoms with Gasteiger partial charge in [0.2, 0.25) is 0 Å². The molecule has 1 aromatic carbocycles. The maximum atomic E-state index is 11.9. The smallest absolute Gasteiger partial charge is 0.327 e. The summed E-state index contributed by atoms with van der Waals surface area (Å²) in [5, 5.41) is 0.635. The molecule has 0 fully saturated rings. The predicted octanol–water partition coefficient (Wildman–Crippen LogP) is 4.10. The molecule has 0 spiro atoms. The monoisotopic (exact) mass is 283 g/mol. The lowest BCUT2D eigenvalue weighted by Gasteiger charge is -2.12. The average Bonchev–Trinajstić information content (AvgIpc) is 2.25. The van der Waals surface area contributed by atoms with Gasteiger partial charge in [0, 0.05) is 28.1 Å². The number of hydrogen-bond donors (Lipinski definition) is 1. The van der Waals surface area contributed by atoms with Gasteiger partial charge in [0.1, 0.15) is 0 Å². The van der Waals surface area contributed by atoms with Gasteiger partial charge in [-0.05, 0) is 30.7 Å². The van der Waals surface area contributed by atoms with E-state index in [1.165, 1.54) is 11.8 Å². The van der Waals surface area contributed by atoms with Crippen LogP contribution in [0.25, 0.3) is 0 Å². The van der Waals surface area contributed by atoms with Gasteiger partial charge in [-0.2, -0.15) is 13.2 Å². The van der Waals surface area contributed by atoms with Crippen LogP contribution in [0.5, 0.6) is 0 Å². The molecule has 1 atom stereocenters. The molecule has 0 saturated carbocycles. The highest BCUT2D eigenvalue weighted by Crippen LogP contribution is 2.25. The Hall–Kier alpha value is -0.390. The van der Waals surface area contributed by atoms with Crippen molar-refractivity contribution in [2.45, 2.75) is 30.0 Å². The van der Waals surface area contributed by atoms with Crippen LogP contribution >= 0.6 is 23.4 Å². The minimum atomic E-state index is -4.12. The average molecular weight is 284 g/mol. The minimum Gasteiger partial charge on any atom is -0.327 e. The number of nitrogens with two attached hydrogens (primary N) is 1. The Bertz CT molecular complexity index is 340. The Balaban J connectivity index is 2.28. The molecule has 0 saturated heterocycles. The van der Waals surface area contributed by atoms with E-state index >= 15 is 0 Å². The summed E-state index contributed by atoms with van der Waals surface area (Å²) in [4.78, 5) is 0.955.